The average molecular weight is 280 g/mol. The summed E-state index contributed by atoms with van der Waals surface area (Å²) < 4.78 is 18.6. The Hall–Kier alpha value is -1.38. The molecule has 0 bridgehead atoms. The van der Waals surface area contributed by atoms with Crippen molar-refractivity contribution in [1.29, 1.82) is 0 Å². The molecule has 20 heavy (non-hydrogen) atoms. The first-order valence-electron chi connectivity index (χ1n) is 7.55. The lowest BCUT2D eigenvalue weighted by molar-refractivity contribution is 0.0975. The molecular formula is C17H25FO2. The van der Waals surface area contributed by atoms with Crippen LogP contribution in [0.5, 0.6) is 5.75 Å². The zero-order valence-electron chi connectivity index (χ0n) is 12.6. The fourth-order valence-electron chi connectivity index (χ4n) is 2.23. The van der Waals surface area contributed by atoms with Gasteiger partial charge in [-0.15, -0.1) is 0 Å². The van der Waals surface area contributed by atoms with Gasteiger partial charge in [-0.25, -0.2) is 4.39 Å². The molecule has 0 aliphatic heterocycles. The Labute approximate surface area is 121 Å². The molecular weight excluding hydrogens is 255 g/mol. The van der Waals surface area contributed by atoms with E-state index >= 15 is 0 Å². The Morgan fingerprint density at radius 3 is 2.35 bits per heavy atom. The van der Waals surface area contributed by atoms with Crippen molar-refractivity contribution in [3.8, 4) is 5.75 Å². The number of carbonyl (C=O) groups excluding carboxylic acids is 1. The smallest absolute Gasteiger partial charge is 0.165 e. The van der Waals surface area contributed by atoms with Crippen LogP contribution in [0, 0.1) is 5.82 Å². The number of Topliss-reactive ketones (excluding diaryl/α,β-unsaturated/α-hetero) is 1. The van der Waals surface area contributed by atoms with Crippen molar-refractivity contribution in [3.05, 3.63) is 29.6 Å². The molecule has 0 atom stereocenters. The molecule has 0 unspecified atom stereocenters. The predicted octanol–water partition coefficient (Wildman–Crippen LogP) is 5.16. The van der Waals surface area contributed by atoms with E-state index in [4.69, 9.17) is 4.74 Å². The minimum Gasteiger partial charge on any atom is -0.497 e. The van der Waals surface area contributed by atoms with Gasteiger partial charge in [0.1, 0.15) is 11.6 Å². The van der Waals surface area contributed by atoms with E-state index in [1.165, 1.54) is 51.3 Å². The van der Waals surface area contributed by atoms with Crippen LogP contribution in [0.15, 0.2) is 18.2 Å². The number of ether oxygens (including phenoxy) is 1. The van der Waals surface area contributed by atoms with Crippen LogP contribution >= 0.6 is 0 Å². The minimum atomic E-state index is -0.489. The maximum atomic E-state index is 13.7. The molecule has 0 spiro atoms. The van der Waals surface area contributed by atoms with Crippen LogP contribution in [0.2, 0.25) is 0 Å². The standard InChI is InChI=1S/C17H25FO2/c1-3-4-5-6-7-8-9-10-17(19)15-12-11-14(20-2)13-16(15)18/h11-13H,3-10H2,1-2H3. The van der Waals surface area contributed by atoms with Crippen LogP contribution in [0.3, 0.4) is 0 Å². The molecule has 0 aliphatic carbocycles. The van der Waals surface area contributed by atoms with Gasteiger partial charge in [-0.05, 0) is 18.6 Å². The normalized spacial score (nSPS) is 10.6. The Morgan fingerprint density at radius 1 is 1.10 bits per heavy atom. The summed E-state index contributed by atoms with van der Waals surface area (Å²) in [6.45, 7) is 2.20. The molecule has 0 radical (unpaired) electrons. The van der Waals surface area contributed by atoms with Gasteiger partial charge in [0.15, 0.2) is 5.78 Å². The van der Waals surface area contributed by atoms with Gasteiger partial charge >= 0.3 is 0 Å². The molecule has 0 saturated heterocycles. The summed E-state index contributed by atoms with van der Waals surface area (Å²) in [4.78, 5) is 11.9. The van der Waals surface area contributed by atoms with E-state index in [9.17, 15) is 9.18 Å². The van der Waals surface area contributed by atoms with Crippen molar-refractivity contribution < 1.29 is 13.9 Å². The summed E-state index contributed by atoms with van der Waals surface area (Å²) in [7, 11) is 1.48. The largest absolute Gasteiger partial charge is 0.497 e. The van der Waals surface area contributed by atoms with Crippen LogP contribution in [0.4, 0.5) is 4.39 Å². The second kappa shape index (κ2) is 9.51. The monoisotopic (exact) mass is 280 g/mol. The molecule has 0 aromatic heterocycles. The number of rotatable bonds is 10. The number of ketones is 1. The van der Waals surface area contributed by atoms with Gasteiger partial charge in [0.05, 0.1) is 12.7 Å². The second-order valence-corrected chi connectivity index (χ2v) is 5.14. The lowest BCUT2D eigenvalue weighted by Gasteiger charge is -2.05. The maximum Gasteiger partial charge on any atom is 0.165 e. The van der Waals surface area contributed by atoms with Crippen molar-refractivity contribution >= 4 is 5.78 Å². The summed E-state index contributed by atoms with van der Waals surface area (Å²) >= 11 is 0. The van der Waals surface area contributed by atoms with Gasteiger partial charge in [-0.3, -0.25) is 4.79 Å². The SMILES string of the molecule is CCCCCCCCCC(=O)c1ccc(OC)cc1F. The second-order valence-electron chi connectivity index (χ2n) is 5.14. The number of halogens is 1. The van der Waals surface area contributed by atoms with Crippen molar-refractivity contribution in [2.75, 3.05) is 7.11 Å². The molecule has 112 valence electrons. The summed E-state index contributed by atoms with van der Waals surface area (Å²) in [6, 6.07) is 4.40. The number of hydrogen-bond acceptors (Lipinski definition) is 2. The first kappa shape index (κ1) is 16.7. The van der Waals surface area contributed by atoms with Gasteiger partial charge < -0.3 is 4.74 Å². The lowest BCUT2D eigenvalue weighted by Crippen LogP contribution is -2.02. The topological polar surface area (TPSA) is 26.3 Å². The molecule has 3 heteroatoms. The lowest BCUT2D eigenvalue weighted by atomic mass is 10.0. The molecule has 1 aromatic carbocycles. The third-order valence-corrected chi connectivity index (χ3v) is 3.48. The van der Waals surface area contributed by atoms with E-state index in [1.807, 2.05) is 0 Å². The molecule has 0 aliphatic rings. The first-order chi connectivity index (χ1) is 9.69. The number of benzene rings is 1. The first-order valence-corrected chi connectivity index (χ1v) is 7.55. The van der Waals surface area contributed by atoms with Gasteiger partial charge in [-0.2, -0.15) is 0 Å². The number of hydrogen-bond donors (Lipinski definition) is 0. The third kappa shape index (κ3) is 5.72. The van der Waals surface area contributed by atoms with Gasteiger partial charge in [0.25, 0.3) is 0 Å². The molecule has 1 aromatic rings. The number of carbonyl (C=O) groups is 1. The predicted molar refractivity (Wildman–Crippen MR) is 79.9 cm³/mol. The van der Waals surface area contributed by atoms with Crippen LogP contribution in [-0.4, -0.2) is 12.9 Å². The molecule has 0 fully saturated rings. The van der Waals surface area contributed by atoms with Crippen LogP contribution < -0.4 is 4.74 Å². The minimum absolute atomic E-state index is 0.112. The fraction of sp³-hybridized carbons (Fsp3) is 0.588. The maximum absolute atomic E-state index is 13.7. The summed E-state index contributed by atoms with van der Waals surface area (Å²) in [5.74, 6) is -0.161. The molecule has 0 heterocycles. The van der Waals surface area contributed by atoms with Crippen molar-refractivity contribution in [1.82, 2.24) is 0 Å². The third-order valence-electron chi connectivity index (χ3n) is 3.48. The Bertz CT molecular complexity index is 415. The van der Waals surface area contributed by atoms with Crippen LogP contribution in [0.25, 0.3) is 0 Å². The van der Waals surface area contributed by atoms with Gasteiger partial charge in [0.2, 0.25) is 0 Å². The van der Waals surface area contributed by atoms with E-state index in [2.05, 4.69) is 6.92 Å². The quantitative estimate of drug-likeness (QED) is 0.437. The summed E-state index contributed by atoms with van der Waals surface area (Å²) in [5, 5.41) is 0. The zero-order valence-corrected chi connectivity index (χ0v) is 12.6. The van der Waals surface area contributed by atoms with Crippen LogP contribution in [0.1, 0.15) is 68.6 Å². The highest BCUT2D eigenvalue weighted by Crippen LogP contribution is 2.18. The Kier molecular flexibility index (Phi) is 7.93. The number of methoxy groups -OCH3 is 1. The van der Waals surface area contributed by atoms with E-state index in [1.54, 1.807) is 6.07 Å². The molecule has 0 amide bonds. The highest BCUT2D eigenvalue weighted by Gasteiger charge is 2.12. The Morgan fingerprint density at radius 2 is 1.75 bits per heavy atom. The van der Waals surface area contributed by atoms with Gasteiger partial charge in [0, 0.05) is 12.5 Å². The highest BCUT2D eigenvalue weighted by molar-refractivity contribution is 5.96. The molecule has 0 saturated carbocycles. The van der Waals surface area contributed by atoms with E-state index in [-0.39, 0.29) is 11.3 Å². The summed E-state index contributed by atoms with van der Waals surface area (Å²) in [6.07, 6.45) is 8.53. The Balaban J connectivity index is 2.29. The van der Waals surface area contributed by atoms with E-state index in [0.717, 1.165) is 12.8 Å². The fourth-order valence-corrected chi connectivity index (χ4v) is 2.23. The van der Waals surface area contributed by atoms with E-state index < -0.39 is 5.82 Å². The van der Waals surface area contributed by atoms with Crippen molar-refractivity contribution in [3.63, 3.8) is 0 Å². The number of unbranched alkanes of at least 4 members (excludes halogenated alkanes) is 6. The zero-order chi connectivity index (χ0) is 14.8. The average Bonchev–Trinajstić information content (AvgIpc) is 2.45. The molecule has 2 nitrogen and oxygen atoms in total. The van der Waals surface area contributed by atoms with E-state index in [0.29, 0.717) is 12.2 Å². The van der Waals surface area contributed by atoms with Crippen molar-refractivity contribution in [2.24, 2.45) is 0 Å². The molecule has 0 N–H and O–H groups in total. The molecule has 1 rings (SSSR count). The summed E-state index contributed by atoms with van der Waals surface area (Å²) in [5.41, 5.74) is 0.178. The van der Waals surface area contributed by atoms with Crippen molar-refractivity contribution in [2.45, 2.75) is 58.3 Å². The van der Waals surface area contributed by atoms with Crippen LogP contribution in [-0.2, 0) is 0 Å². The highest BCUT2D eigenvalue weighted by atomic mass is 19.1. The van der Waals surface area contributed by atoms with Gasteiger partial charge in [-0.1, -0.05) is 45.4 Å².